The fourth-order valence-corrected chi connectivity index (χ4v) is 4.51. The van der Waals surface area contributed by atoms with Crippen molar-refractivity contribution < 1.29 is 9.53 Å². The molecule has 1 fully saturated rings. The summed E-state index contributed by atoms with van der Waals surface area (Å²) in [6.45, 7) is 8.38. The van der Waals surface area contributed by atoms with Crippen LogP contribution < -0.4 is 15.4 Å². The highest BCUT2D eigenvalue weighted by atomic mass is 16.5. The minimum absolute atomic E-state index is 0.0170. The van der Waals surface area contributed by atoms with Crippen LogP contribution in [0.15, 0.2) is 24.3 Å². The largest absolute Gasteiger partial charge is 0.460 e. The summed E-state index contributed by atoms with van der Waals surface area (Å²) in [7, 11) is 0. The normalized spacial score (nSPS) is 17.6. The summed E-state index contributed by atoms with van der Waals surface area (Å²) in [5.41, 5.74) is 9.39. The standard InChI is InChI=1S/C24H33N5O2/c1-3-7-17(2)31-24-26-22(25)21-13-20(30)16-29(23(21)27-24)15-19-9-6-8-18(12-19)14-28-10-4-5-11-28/h6,8-9,12,17H,3-5,7,10-11,13-16H2,1-2H3,(H2,25,26,27)/t17-/m0/s1. The topological polar surface area (TPSA) is 84.6 Å². The zero-order chi connectivity index (χ0) is 21.8. The van der Waals surface area contributed by atoms with E-state index < -0.39 is 0 Å². The number of carbonyl (C=O) groups excluding carboxylic acids is 1. The van der Waals surface area contributed by atoms with Gasteiger partial charge >= 0.3 is 6.01 Å². The molecule has 31 heavy (non-hydrogen) atoms. The first-order valence-corrected chi connectivity index (χ1v) is 11.4. The Labute approximate surface area is 184 Å². The van der Waals surface area contributed by atoms with E-state index in [1.807, 2.05) is 11.8 Å². The van der Waals surface area contributed by atoms with E-state index in [-0.39, 0.29) is 18.3 Å². The van der Waals surface area contributed by atoms with Crippen molar-refractivity contribution in [2.45, 2.75) is 65.1 Å². The minimum atomic E-state index is 0.0170. The molecule has 3 heterocycles. The van der Waals surface area contributed by atoms with Crippen molar-refractivity contribution in [2.75, 3.05) is 30.3 Å². The van der Waals surface area contributed by atoms with E-state index in [2.05, 4.69) is 46.1 Å². The number of hydrogen-bond acceptors (Lipinski definition) is 7. The number of carbonyl (C=O) groups is 1. The summed E-state index contributed by atoms with van der Waals surface area (Å²) in [5, 5.41) is 0. The number of ether oxygens (including phenoxy) is 1. The Morgan fingerprint density at radius 1 is 1.16 bits per heavy atom. The molecule has 0 amide bonds. The van der Waals surface area contributed by atoms with E-state index in [9.17, 15) is 4.79 Å². The molecule has 2 aliphatic heterocycles. The number of ketones is 1. The first kappa shape index (κ1) is 21.6. The summed E-state index contributed by atoms with van der Waals surface area (Å²) in [6.07, 6.45) is 4.81. The van der Waals surface area contributed by atoms with Gasteiger partial charge in [-0.25, -0.2) is 0 Å². The van der Waals surface area contributed by atoms with Crippen LogP contribution in [0.25, 0.3) is 0 Å². The average molecular weight is 424 g/mol. The van der Waals surface area contributed by atoms with Crippen LogP contribution in [0.3, 0.4) is 0 Å². The van der Waals surface area contributed by atoms with E-state index in [1.54, 1.807) is 0 Å². The van der Waals surface area contributed by atoms with Gasteiger partial charge in [-0.3, -0.25) is 9.69 Å². The third-order valence-electron chi connectivity index (χ3n) is 6.01. The molecule has 2 aliphatic rings. The summed E-state index contributed by atoms with van der Waals surface area (Å²) in [5.74, 6) is 1.18. The van der Waals surface area contributed by atoms with E-state index in [0.717, 1.165) is 30.8 Å². The van der Waals surface area contributed by atoms with Crippen LogP contribution in [0.1, 0.15) is 56.2 Å². The second-order valence-electron chi connectivity index (χ2n) is 8.79. The molecule has 7 nitrogen and oxygen atoms in total. The third kappa shape index (κ3) is 5.34. The number of likely N-dealkylation sites (tertiary alicyclic amines) is 1. The maximum atomic E-state index is 12.4. The molecule has 1 atom stereocenters. The molecular formula is C24H33N5O2. The van der Waals surface area contributed by atoms with Gasteiger partial charge in [0.25, 0.3) is 0 Å². The zero-order valence-electron chi connectivity index (χ0n) is 18.6. The molecule has 0 unspecified atom stereocenters. The van der Waals surface area contributed by atoms with Gasteiger partial charge in [-0.2, -0.15) is 9.97 Å². The summed E-state index contributed by atoms with van der Waals surface area (Å²) in [4.78, 5) is 25.9. The Balaban J connectivity index is 1.55. The average Bonchev–Trinajstić information content (AvgIpc) is 3.22. The Morgan fingerprint density at radius 2 is 1.90 bits per heavy atom. The molecular weight excluding hydrogens is 390 g/mol. The highest BCUT2D eigenvalue weighted by Crippen LogP contribution is 2.31. The predicted molar refractivity (Wildman–Crippen MR) is 122 cm³/mol. The number of Topliss-reactive ketones (excluding diaryl/α,β-unsaturated/α-hetero) is 1. The van der Waals surface area contributed by atoms with Crippen LogP contribution in [0.5, 0.6) is 6.01 Å². The van der Waals surface area contributed by atoms with Gasteiger partial charge in [0.15, 0.2) is 5.78 Å². The Bertz CT molecular complexity index is 926. The SMILES string of the molecule is CCC[C@H](C)Oc1nc(N)c2c(n1)N(Cc1cccc(CN3CCCC3)c1)CC(=O)C2. The minimum Gasteiger partial charge on any atom is -0.460 e. The molecule has 0 spiro atoms. The molecule has 2 aromatic rings. The lowest BCUT2D eigenvalue weighted by atomic mass is 10.0. The smallest absolute Gasteiger partial charge is 0.320 e. The maximum absolute atomic E-state index is 12.4. The molecule has 166 valence electrons. The van der Waals surface area contributed by atoms with E-state index in [1.165, 1.54) is 31.5 Å². The first-order chi connectivity index (χ1) is 15.0. The molecule has 0 radical (unpaired) electrons. The van der Waals surface area contributed by atoms with Gasteiger partial charge in [0.2, 0.25) is 0 Å². The molecule has 1 saturated heterocycles. The van der Waals surface area contributed by atoms with Gasteiger partial charge in [0.05, 0.1) is 12.6 Å². The molecule has 0 saturated carbocycles. The van der Waals surface area contributed by atoms with Crippen molar-refractivity contribution in [3.05, 3.63) is 41.0 Å². The van der Waals surface area contributed by atoms with Crippen LogP contribution in [0.2, 0.25) is 0 Å². The van der Waals surface area contributed by atoms with E-state index >= 15 is 0 Å². The zero-order valence-corrected chi connectivity index (χ0v) is 18.6. The summed E-state index contributed by atoms with van der Waals surface area (Å²) >= 11 is 0. The third-order valence-corrected chi connectivity index (χ3v) is 6.01. The molecule has 4 rings (SSSR count). The van der Waals surface area contributed by atoms with Crippen molar-refractivity contribution in [3.8, 4) is 6.01 Å². The molecule has 0 aliphatic carbocycles. The number of nitrogen functional groups attached to an aromatic ring is 1. The van der Waals surface area contributed by atoms with E-state index in [0.29, 0.717) is 30.5 Å². The number of nitrogens with zero attached hydrogens (tertiary/aromatic N) is 4. The molecule has 1 aromatic carbocycles. The number of benzene rings is 1. The van der Waals surface area contributed by atoms with E-state index in [4.69, 9.17) is 10.5 Å². The second-order valence-corrected chi connectivity index (χ2v) is 8.79. The Hall–Kier alpha value is -2.67. The van der Waals surface area contributed by atoms with Crippen molar-refractivity contribution >= 4 is 17.4 Å². The predicted octanol–water partition coefficient (Wildman–Crippen LogP) is 3.35. The van der Waals surface area contributed by atoms with Gasteiger partial charge in [-0.05, 0) is 50.4 Å². The lowest BCUT2D eigenvalue weighted by Gasteiger charge is -2.30. The maximum Gasteiger partial charge on any atom is 0.320 e. The lowest BCUT2D eigenvalue weighted by Crippen LogP contribution is -2.37. The molecule has 1 aromatic heterocycles. The molecule has 0 bridgehead atoms. The highest BCUT2D eigenvalue weighted by Gasteiger charge is 2.28. The van der Waals surface area contributed by atoms with Gasteiger partial charge in [0, 0.05) is 25.1 Å². The van der Waals surface area contributed by atoms with Crippen LogP contribution >= 0.6 is 0 Å². The van der Waals surface area contributed by atoms with Crippen LogP contribution in [0, 0.1) is 0 Å². The monoisotopic (exact) mass is 423 g/mol. The summed E-state index contributed by atoms with van der Waals surface area (Å²) < 4.78 is 5.90. The van der Waals surface area contributed by atoms with Crippen molar-refractivity contribution in [2.24, 2.45) is 0 Å². The molecule has 2 N–H and O–H groups in total. The van der Waals surface area contributed by atoms with Crippen molar-refractivity contribution in [1.29, 1.82) is 0 Å². The van der Waals surface area contributed by atoms with Gasteiger partial charge in [-0.15, -0.1) is 0 Å². The fourth-order valence-electron chi connectivity index (χ4n) is 4.51. The number of rotatable bonds is 8. The van der Waals surface area contributed by atoms with Crippen LogP contribution in [0.4, 0.5) is 11.6 Å². The number of anilines is 2. The highest BCUT2D eigenvalue weighted by molar-refractivity contribution is 5.91. The number of aromatic nitrogens is 2. The number of fused-ring (bicyclic) bond motifs is 1. The Kier molecular flexibility index (Phi) is 6.70. The van der Waals surface area contributed by atoms with Crippen LogP contribution in [-0.2, 0) is 24.3 Å². The van der Waals surface area contributed by atoms with Gasteiger partial charge < -0.3 is 15.4 Å². The Morgan fingerprint density at radius 3 is 2.65 bits per heavy atom. The van der Waals surface area contributed by atoms with Crippen molar-refractivity contribution in [3.63, 3.8) is 0 Å². The lowest BCUT2D eigenvalue weighted by molar-refractivity contribution is -0.117. The van der Waals surface area contributed by atoms with Crippen LogP contribution in [-0.4, -0.2) is 46.4 Å². The fraction of sp³-hybridized carbons (Fsp3) is 0.542. The van der Waals surface area contributed by atoms with Gasteiger partial charge in [-0.1, -0.05) is 37.6 Å². The molecule has 7 heteroatoms. The first-order valence-electron chi connectivity index (χ1n) is 11.4. The second kappa shape index (κ2) is 9.64. The quantitative estimate of drug-likeness (QED) is 0.697. The number of hydrogen-bond donors (Lipinski definition) is 1. The van der Waals surface area contributed by atoms with Gasteiger partial charge in [0.1, 0.15) is 11.6 Å². The number of nitrogens with two attached hydrogens (primary N) is 1. The van der Waals surface area contributed by atoms with Crippen molar-refractivity contribution in [1.82, 2.24) is 14.9 Å². The summed E-state index contributed by atoms with van der Waals surface area (Å²) in [6, 6.07) is 8.92.